The SMILES string of the molecule is Cn1c([C@H]2CCN(Cc3cccs3)C2)nc2cccnc21. The maximum atomic E-state index is 4.80. The van der Waals surface area contributed by atoms with Crippen LogP contribution >= 0.6 is 11.3 Å². The van der Waals surface area contributed by atoms with E-state index in [1.807, 2.05) is 29.7 Å². The van der Waals surface area contributed by atoms with Gasteiger partial charge in [-0.1, -0.05) is 6.07 Å². The van der Waals surface area contributed by atoms with E-state index in [2.05, 4.69) is 39.0 Å². The number of nitrogens with zero attached hydrogens (tertiary/aromatic N) is 4. The first-order valence-corrected chi connectivity index (χ1v) is 8.21. The van der Waals surface area contributed by atoms with Crippen molar-refractivity contribution in [2.24, 2.45) is 7.05 Å². The van der Waals surface area contributed by atoms with Gasteiger partial charge >= 0.3 is 0 Å². The van der Waals surface area contributed by atoms with E-state index in [4.69, 9.17) is 4.98 Å². The highest BCUT2D eigenvalue weighted by Gasteiger charge is 2.27. The van der Waals surface area contributed by atoms with Gasteiger partial charge in [0.1, 0.15) is 11.3 Å². The third-order valence-electron chi connectivity index (χ3n) is 4.26. The van der Waals surface area contributed by atoms with Crippen molar-refractivity contribution in [2.45, 2.75) is 18.9 Å². The van der Waals surface area contributed by atoms with Gasteiger partial charge in [0, 0.05) is 37.1 Å². The van der Waals surface area contributed by atoms with Crippen LogP contribution < -0.4 is 0 Å². The molecule has 0 unspecified atom stereocenters. The lowest BCUT2D eigenvalue weighted by Crippen LogP contribution is -2.19. The van der Waals surface area contributed by atoms with Gasteiger partial charge < -0.3 is 4.57 Å². The maximum absolute atomic E-state index is 4.80. The lowest BCUT2D eigenvalue weighted by Gasteiger charge is -2.14. The Morgan fingerprint density at radius 2 is 2.29 bits per heavy atom. The minimum absolute atomic E-state index is 0.518. The summed E-state index contributed by atoms with van der Waals surface area (Å²) in [4.78, 5) is 13.2. The van der Waals surface area contributed by atoms with Gasteiger partial charge in [0.25, 0.3) is 0 Å². The first-order chi connectivity index (χ1) is 10.3. The molecule has 108 valence electrons. The van der Waals surface area contributed by atoms with Crippen molar-refractivity contribution in [3.05, 3.63) is 46.5 Å². The highest BCUT2D eigenvalue weighted by molar-refractivity contribution is 7.09. The molecule has 4 rings (SSSR count). The van der Waals surface area contributed by atoms with Crippen LogP contribution in [-0.4, -0.2) is 32.5 Å². The number of aryl methyl sites for hydroxylation is 1. The molecule has 3 aromatic rings. The monoisotopic (exact) mass is 298 g/mol. The molecule has 4 nitrogen and oxygen atoms in total. The smallest absolute Gasteiger partial charge is 0.159 e. The first-order valence-electron chi connectivity index (χ1n) is 7.33. The van der Waals surface area contributed by atoms with Gasteiger partial charge in [-0.25, -0.2) is 9.97 Å². The van der Waals surface area contributed by atoms with E-state index in [0.717, 1.165) is 30.8 Å². The zero-order valence-electron chi connectivity index (χ0n) is 12.1. The lowest BCUT2D eigenvalue weighted by molar-refractivity contribution is 0.328. The van der Waals surface area contributed by atoms with Crippen LogP contribution in [0, 0.1) is 0 Å². The van der Waals surface area contributed by atoms with Crippen molar-refractivity contribution in [2.75, 3.05) is 13.1 Å². The van der Waals surface area contributed by atoms with E-state index in [1.165, 1.54) is 17.1 Å². The van der Waals surface area contributed by atoms with Crippen molar-refractivity contribution >= 4 is 22.5 Å². The molecule has 1 aliphatic heterocycles. The number of imidazole rings is 1. The standard InChI is InChI=1S/C16H18N4S/c1-19-15(18-14-5-2-7-17-16(14)19)12-6-8-20(10-12)11-13-4-3-9-21-13/h2-5,7,9,12H,6,8,10-11H2,1H3/t12-/m0/s1. The predicted octanol–water partition coefficient (Wildman–Crippen LogP) is 3.02. The van der Waals surface area contributed by atoms with Crippen LogP contribution in [0.2, 0.25) is 0 Å². The van der Waals surface area contributed by atoms with Crippen LogP contribution in [0.25, 0.3) is 11.2 Å². The third-order valence-corrected chi connectivity index (χ3v) is 5.12. The van der Waals surface area contributed by atoms with Gasteiger partial charge in [-0.05, 0) is 36.5 Å². The number of hydrogen-bond donors (Lipinski definition) is 0. The summed E-state index contributed by atoms with van der Waals surface area (Å²) in [5, 5.41) is 2.15. The van der Waals surface area contributed by atoms with Crippen LogP contribution in [0.3, 0.4) is 0 Å². The zero-order valence-corrected chi connectivity index (χ0v) is 12.9. The van der Waals surface area contributed by atoms with Gasteiger partial charge in [-0.2, -0.15) is 0 Å². The van der Waals surface area contributed by atoms with E-state index < -0.39 is 0 Å². The molecule has 1 fully saturated rings. The van der Waals surface area contributed by atoms with Crippen molar-refractivity contribution in [1.29, 1.82) is 0 Å². The number of rotatable bonds is 3. The summed E-state index contributed by atoms with van der Waals surface area (Å²) in [6.45, 7) is 3.31. The maximum Gasteiger partial charge on any atom is 0.159 e. The normalized spacial score (nSPS) is 19.6. The number of hydrogen-bond acceptors (Lipinski definition) is 4. The second-order valence-corrected chi connectivity index (χ2v) is 6.71. The Kier molecular flexibility index (Phi) is 3.24. The molecule has 5 heteroatoms. The van der Waals surface area contributed by atoms with Gasteiger partial charge in [-0.3, -0.25) is 4.90 Å². The van der Waals surface area contributed by atoms with Gasteiger partial charge in [0.15, 0.2) is 5.65 Å². The molecule has 0 aliphatic carbocycles. The Hall–Kier alpha value is -1.72. The summed E-state index contributed by atoms with van der Waals surface area (Å²) in [6.07, 6.45) is 3.02. The van der Waals surface area contributed by atoms with E-state index in [0.29, 0.717) is 5.92 Å². The molecule has 0 N–H and O–H groups in total. The quantitative estimate of drug-likeness (QED) is 0.745. The fourth-order valence-corrected chi connectivity index (χ4v) is 3.96. The Morgan fingerprint density at radius 1 is 1.33 bits per heavy atom. The van der Waals surface area contributed by atoms with Crippen molar-refractivity contribution in [3.8, 4) is 0 Å². The zero-order chi connectivity index (χ0) is 14.2. The molecule has 3 aromatic heterocycles. The molecule has 0 radical (unpaired) electrons. The summed E-state index contributed by atoms with van der Waals surface area (Å²) < 4.78 is 2.16. The number of fused-ring (bicyclic) bond motifs is 1. The number of aromatic nitrogens is 3. The molecule has 1 atom stereocenters. The number of likely N-dealkylation sites (tertiary alicyclic amines) is 1. The summed E-state index contributed by atoms with van der Waals surface area (Å²) in [7, 11) is 2.08. The molecular formula is C16H18N4S. The van der Waals surface area contributed by atoms with Gasteiger partial charge in [0.2, 0.25) is 0 Å². The Balaban J connectivity index is 1.55. The number of pyridine rings is 1. The second-order valence-electron chi connectivity index (χ2n) is 5.68. The third kappa shape index (κ3) is 2.36. The van der Waals surface area contributed by atoms with Crippen LogP contribution in [0.5, 0.6) is 0 Å². The highest BCUT2D eigenvalue weighted by Crippen LogP contribution is 2.29. The summed E-state index contributed by atoms with van der Waals surface area (Å²) in [5.74, 6) is 1.70. The van der Waals surface area contributed by atoms with E-state index >= 15 is 0 Å². The van der Waals surface area contributed by atoms with Crippen LogP contribution in [0.1, 0.15) is 23.0 Å². The lowest BCUT2D eigenvalue weighted by atomic mass is 10.1. The molecule has 0 spiro atoms. The molecule has 21 heavy (non-hydrogen) atoms. The van der Waals surface area contributed by atoms with E-state index in [1.54, 1.807) is 0 Å². The summed E-state index contributed by atoms with van der Waals surface area (Å²) >= 11 is 1.84. The molecule has 1 aliphatic rings. The minimum Gasteiger partial charge on any atom is -0.316 e. The van der Waals surface area contributed by atoms with Crippen LogP contribution in [-0.2, 0) is 13.6 Å². The summed E-state index contributed by atoms with van der Waals surface area (Å²) in [6, 6.07) is 8.35. The minimum atomic E-state index is 0.518. The number of thiophene rings is 1. The van der Waals surface area contributed by atoms with Crippen molar-refractivity contribution < 1.29 is 0 Å². The molecule has 0 amide bonds. The van der Waals surface area contributed by atoms with Gasteiger partial charge in [0.05, 0.1) is 0 Å². The van der Waals surface area contributed by atoms with Crippen LogP contribution in [0.15, 0.2) is 35.8 Å². The topological polar surface area (TPSA) is 34.0 Å². The average molecular weight is 298 g/mol. The molecule has 1 saturated heterocycles. The Morgan fingerprint density at radius 3 is 3.10 bits per heavy atom. The molecule has 0 aromatic carbocycles. The van der Waals surface area contributed by atoms with Crippen molar-refractivity contribution in [3.63, 3.8) is 0 Å². The molecule has 4 heterocycles. The molecular weight excluding hydrogens is 280 g/mol. The predicted molar refractivity (Wildman–Crippen MR) is 85.5 cm³/mol. The fraction of sp³-hybridized carbons (Fsp3) is 0.375. The molecule has 0 bridgehead atoms. The van der Waals surface area contributed by atoms with Gasteiger partial charge in [-0.15, -0.1) is 11.3 Å². The largest absolute Gasteiger partial charge is 0.316 e. The van der Waals surface area contributed by atoms with Crippen LogP contribution in [0.4, 0.5) is 0 Å². The van der Waals surface area contributed by atoms with E-state index in [9.17, 15) is 0 Å². The second kappa shape index (κ2) is 5.24. The first kappa shape index (κ1) is 13.0. The summed E-state index contributed by atoms with van der Waals surface area (Å²) in [5.41, 5.74) is 2.00. The average Bonchev–Trinajstić information content (AvgIpc) is 3.21. The van der Waals surface area contributed by atoms with E-state index in [-0.39, 0.29) is 0 Å². The Labute approximate surface area is 128 Å². The highest BCUT2D eigenvalue weighted by atomic mass is 32.1. The fourth-order valence-electron chi connectivity index (χ4n) is 3.22. The molecule has 0 saturated carbocycles. The van der Waals surface area contributed by atoms with Crippen molar-refractivity contribution in [1.82, 2.24) is 19.4 Å². The Bertz CT molecular complexity index is 747.